The molecule has 0 spiro atoms. The van der Waals surface area contributed by atoms with Crippen molar-refractivity contribution in [3.8, 4) is 5.75 Å². The third-order valence-electron chi connectivity index (χ3n) is 3.16. The maximum absolute atomic E-state index is 11.7. The Morgan fingerprint density at radius 3 is 2.00 bits per heavy atom. The minimum absolute atomic E-state index is 0.196. The largest absolute Gasteiger partial charge is 0.426 e. The van der Waals surface area contributed by atoms with E-state index in [1.807, 2.05) is 32.9 Å². The van der Waals surface area contributed by atoms with E-state index in [1.165, 1.54) is 5.56 Å². The van der Waals surface area contributed by atoms with Crippen LogP contribution in [-0.2, 0) is 4.79 Å². The molecule has 0 N–H and O–H groups in total. The van der Waals surface area contributed by atoms with Gasteiger partial charge in [0.05, 0.1) is 5.41 Å². The number of ether oxygens (including phenoxy) is 1. The number of rotatable bonds is 4. The van der Waals surface area contributed by atoms with E-state index in [9.17, 15) is 4.79 Å². The maximum Gasteiger partial charge on any atom is 0.316 e. The fraction of sp³-hybridized carbons (Fsp3) is 0.562. The van der Waals surface area contributed by atoms with Gasteiger partial charge in [-0.05, 0) is 57.2 Å². The van der Waals surface area contributed by atoms with E-state index in [2.05, 4.69) is 26.0 Å². The van der Waals surface area contributed by atoms with Crippen LogP contribution in [0.15, 0.2) is 24.3 Å². The Morgan fingerprint density at radius 2 is 1.61 bits per heavy atom. The molecule has 18 heavy (non-hydrogen) atoms. The van der Waals surface area contributed by atoms with Crippen LogP contribution in [0.1, 0.15) is 58.9 Å². The van der Waals surface area contributed by atoms with Crippen molar-refractivity contribution >= 4 is 5.97 Å². The number of carbonyl (C=O) groups is 1. The monoisotopic (exact) mass is 248 g/mol. The smallest absolute Gasteiger partial charge is 0.316 e. The Hall–Kier alpha value is -1.31. The molecule has 0 heterocycles. The topological polar surface area (TPSA) is 26.3 Å². The van der Waals surface area contributed by atoms with Gasteiger partial charge in [0, 0.05) is 0 Å². The van der Waals surface area contributed by atoms with Crippen molar-refractivity contribution in [2.45, 2.75) is 53.4 Å². The van der Waals surface area contributed by atoms with Gasteiger partial charge in [0.15, 0.2) is 0 Å². The molecule has 0 bridgehead atoms. The van der Waals surface area contributed by atoms with Gasteiger partial charge in [0.25, 0.3) is 0 Å². The summed E-state index contributed by atoms with van der Waals surface area (Å²) >= 11 is 0. The van der Waals surface area contributed by atoms with Crippen molar-refractivity contribution in [3.63, 3.8) is 0 Å². The molecule has 0 saturated heterocycles. The highest BCUT2D eigenvalue weighted by atomic mass is 16.5. The van der Waals surface area contributed by atoms with E-state index in [-0.39, 0.29) is 5.97 Å². The second-order valence-electron chi connectivity index (χ2n) is 5.72. The van der Waals surface area contributed by atoms with E-state index in [0.717, 1.165) is 12.8 Å². The zero-order valence-corrected chi connectivity index (χ0v) is 12.1. The van der Waals surface area contributed by atoms with E-state index in [0.29, 0.717) is 11.7 Å². The Morgan fingerprint density at radius 1 is 1.11 bits per heavy atom. The SMILES string of the molecule is CCC(CC)c1ccc(OC(=O)C(C)(C)C)cc1. The van der Waals surface area contributed by atoms with Gasteiger partial charge < -0.3 is 4.74 Å². The third kappa shape index (κ3) is 3.86. The highest BCUT2D eigenvalue weighted by molar-refractivity contribution is 5.77. The minimum Gasteiger partial charge on any atom is -0.426 e. The van der Waals surface area contributed by atoms with Gasteiger partial charge in [-0.25, -0.2) is 0 Å². The average Bonchev–Trinajstić information content (AvgIpc) is 2.31. The molecular formula is C16H24O2. The lowest BCUT2D eigenvalue weighted by Gasteiger charge is -2.17. The number of hydrogen-bond donors (Lipinski definition) is 0. The number of hydrogen-bond acceptors (Lipinski definition) is 2. The van der Waals surface area contributed by atoms with Crippen LogP contribution < -0.4 is 4.74 Å². The summed E-state index contributed by atoms with van der Waals surface area (Å²) in [6, 6.07) is 7.89. The lowest BCUT2D eigenvalue weighted by Crippen LogP contribution is -2.25. The Labute approximate surface area is 110 Å². The second-order valence-corrected chi connectivity index (χ2v) is 5.72. The summed E-state index contributed by atoms with van der Waals surface area (Å²) in [4.78, 5) is 11.7. The molecule has 0 amide bonds. The fourth-order valence-corrected chi connectivity index (χ4v) is 1.83. The van der Waals surface area contributed by atoms with Crippen molar-refractivity contribution in [2.75, 3.05) is 0 Å². The molecule has 100 valence electrons. The van der Waals surface area contributed by atoms with E-state index >= 15 is 0 Å². The van der Waals surface area contributed by atoms with Crippen LogP contribution in [-0.4, -0.2) is 5.97 Å². The van der Waals surface area contributed by atoms with Gasteiger partial charge in [-0.2, -0.15) is 0 Å². The van der Waals surface area contributed by atoms with Crippen molar-refractivity contribution < 1.29 is 9.53 Å². The maximum atomic E-state index is 11.7. The number of carbonyl (C=O) groups excluding carboxylic acids is 1. The van der Waals surface area contributed by atoms with Gasteiger partial charge in [-0.15, -0.1) is 0 Å². The minimum atomic E-state index is -0.464. The molecule has 0 aromatic heterocycles. The van der Waals surface area contributed by atoms with Gasteiger partial charge in [0.1, 0.15) is 5.75 Å². The first-order valence-corrected chi connectivity index (χ1v) is 6.70. The molecule has 0 atom stereocenters. The van der Waals surface area contributed by atoms with Gasteiger partial charge >= 0.3 is 5.97 Å². The van der Waals surface area contributed by atoms with Crippen LogP contribution in [0.5, 0.6) is 5.75 Å². The lowest BCUT2D eigenvalue weighted by molar-refractivity contribution is -0.142. The van der Waals surface area contributed by atoms with Crippen molar-refractivity contribution in [3.05, 3.63) is 29.8 Å². The van der Waals surface area contributed by atoms with Crippen LogP contribution in [0.3, 0.4) is 0 Å². The second kappa shape index (κ2) is 6.03. The Bertz CT molecular complexity index is 381. The van der Waals surface area contributed by atoms with Crippen LogP contribution in [0.25, 0.3) is 0 Å². The molecule has 2 nitrogen and oxygen atoms in total. The molecule has 0 aliphatic carbocycles. The molecule has 1 aromatic rings. The van der Waals surface area contributed by atoms with Crippen LogP contribution >= 0.6 is 0 Å². The Balaban J connectivity index is 2.75. The van der Waals surface area contributed by atoms with Crippen molar-refractivity contribution in [2.24, 2.45) is 5.41 Å². The first kappa shape index (κ1) is 14.7. The fourth-order valence-electron chi connectivity index (χ4n) is 1.83. The standard InChI is InChI=1S/C16H24O2/c1-6-12(7-2)13-8-10-14(11-9-13)18-15(17)16(3,4)5/h8-12H,6-7H2,1-5H3. The molecule has 0 radical (unpaired) electrons. The van der Waals surface area contributed by atoms with Gasteiger partial charge in [-0.1, -0.05) is 26.0 Å². The first-order chi connectivity index (χ1) is 8.38. The summed E-state index contributed by atoms with van der Waals surface area (Å²) in [6.07, 6.45) is 2.27. The lowest BCUT2D eigenvalue weighted by atomic mass is 9.94. The van der Waals surface area contributed by atoms with Crippen LogP contribution in [0, 0.1) is 5.41 Å². The zero-order chi connectivity index (χ0) is 13.8. The van der Waals surface area contributed by atoms with Crippen molar-refractivity contribution in [1.29, 1.82) is 0 Å². The number of benzene rings is 1. The summed E-state index contributed by atoms with van der Waals surface area (Å²) in [6.45, 7) is 9.96. The third-order valence-corrected chi connectivity index (χ3v) is 3.16. The van der Waals surface area contributed by atoms with E-state index in [1.54, 1.807) is 0 Å². The molecule has 0 fully saturated rings. The summed E-state index contributed by atoms with van der Waals surface area (Å²) in [5.41, 5.74) is 0.851. The summed E-state index contributed by atoms with van der Waals surface area (Å²) in [5.74, 6) is 1.03. The summed E-state index contributed by atoms with van der Waals surface area (Å²) in [5, 5.41) is 0. The molecular weight excluding hydrogens is 224 g/mol. The molecule has 1 aromatic carbocycles. The highest BCUT2D eigenvalue weighted by Gasteiger charge is 2.23. The zero-order valence-electron chi connectivity index (χ0n) is 12.1. The predicted molar refractivity (Wildman–Crippen MR) is 74.9 cm³/mol. The molecule has 0 aliphatic heterocycles. The van der Waals surface area contributed by atoms with Crippen molar-refractivity contribution in [1.82, 2.24) is 0 Å². The average molecular weight is 248 g/mol. The molecule has 0 aliphatic rings. The predicted octanol–water partition coefficient (Wildman–Crippen LogP) is 4.54. The van der Waals surface area contributed by atoms with E-state index < -0.39 is 5.41 Å². The number of esters is 1. The molecule has 2 heteroatoms. The molecule has 0 saturated carbocycles. The molecule has 0 unspecified atom stereocenters. The molecule has 1 rings (SSSR count). The van der Waals surface area contributed by atoms with E-state index in [4.69, 9.17) is 4.74 Å². The van der Waals surface area contributed by atoms with Gasteiger partial charge in [0.2, 0.25) is 0 Å². The first-order valence-electron chi connectivity index (χ1n) is 6.70. The quantitative estimate of drug-likeness (QED) is 0.577. The highest BCUT2D eigenvalue weighted by Crippen LogP contribution is 2.26. The van der Waals surface area contributed by atoms with Crippen LogP contribution in [0.4, 0.5) is 0 Å². The Kier molecular flexibility index (Phi) is 4.94. The van der Waals surface area contributed by atoms with Crippen LogP contribution in [0.2, 0.25) is 0 Å². The normalized spacial score (nSPS) is 11.7. The summed E-state index contributed by atoms with van der Waals surface area (Å²) < 4.78 is 5.34. The van der Waals surface area contributed by atoms with Gasteiger partial charge in [-0.3, -0.25) is 4.79 Å². The summed E-state index contributed by atoms with van der Waals surface area (Å²) in [7, 11) is 0.